The largest absolute Gasteiger partial charge is 0.441 e. The molecular weight excluding hydrogens is 367 g/mol. The van der Waals surface area contributed by atoms with Crippen LogP contribution in [0.15, 0.2) is 42.7 Å². The van der Waals surface area contributed by atoms with E-state index >= 15 is 0 Å². The molecule has 9 nitrogen and oxygen atoms in total. The Labute approximate surface area is 159 Å². The maximum absolute atomic E-state index is 14.7. The number of carbonyl (C=O) groups is 1. The molecule has 1 aliphatic rings. The fraction of sp³-hybridized carbons (Fsp3) is 0.222. The minimum absolute atomic E-state index is 0.179. The highest BCUT2D eigenvalue weighted by atomic mass is 19.1. The number of carbonyl (C=O) groups excluding carboxylic acids is 1. The van der Waals surface area contributed by atoms with Gasteiger partial charge in [-0.05, 0) is 30.3 Å². The quantitative estimate of drug-likeness (QED) is 0.694. The molecule has 2 aromatic heterocycles. The van der Waals surface area contributed by atoms with Crippen molar-refractivity contribution in [3.8, 4) is 11.1 Å². The molecule has 144 valence electrons. The third kappa shape index (κ3) is 3.49. The summed E-state index contributed by atoms with van der Waals surface area (Å²) in [6.07, 6.45) is 2.04. The predicted octanol–water partition coefficient (Wildman–Crippen LogP) is 2.08. The first-order chi connectivity index (χ1) is 13.5. The zero-order valence-corrected chi connectivity index (χ0v) is 14.9. The van der Waals surface area contributed by atoms with Crippen molar-refractivity contribution in [1.29, 1.82) is 0 Å². The van der Waals surface area contributed by atoms with Crippen molar-refractivity contribution in [2.75, 3.05) is 23.4 Å². The van der Waals surface area contributed by atoms with E-state index in [4.69, 9.17) is 9.84 Å². The summed E-state index contributed by atoms with van der Waals surface area (Å²) >= 11 is 0. The van der Waals surface area contributed by atoms with E-state index in [1.807, 2.05) is 0 Å². The monoisotopic (exact) mass is 384 g/mol. The van der Waals surface area contributed by atoms with Crippen LogP contribution in [0.25, 0.3) is 11.1 Å². The second kappa shape index (κ2) is 7.24. The normalized spacial score (nSPS) is 16.3. The van der Waals surface area contributed by atoms with Crippen molar-refractivity contribution < 1.29 is 19.0 Å². The number of aryl methyl sites for hydroxylation is 1. The Morgan fingerprint density at radius 3 is 2.79 bits per heavy atom. The highest BCUT2D eigenvalue weighted by molar-refractivity contribution is 5.90. The summed E-state index contributed by atoms with van der Waals surface area (Å²) in [4.78, 5) is 17.4. The Balaban J connectivity index is 1.52. The van der Waals surface area contributed by atoms with Gasteiger partial charge in [-0.3, -0.25) is 9.58 Å². The van der Waals surface area contributed by atoms with Crippen LogP contribution in [0.3, 0.4) is 0 Å². The molecule has 0 aliphatic carbocycles. The van der Waals surface area contributed by atoms with E-state index in [1.54, 1.807) is 48.4 Å². The molecular formula is C18H17FN6O3. The van der Waals surface area contributed by atoms with E-state index in [2.05, 4.69) is 20.6 Å². The number of hydrogen-bond acceptors (Lipinski definition) is 7. The summed E-state index contributed by atoms with van der Waals surface area (Å²) in [6, 6.07) is 7.92. The molecule has 0 spiro atoms. The van der Waals surface area contributed by atoms with E-state index < -0.39 is 18.0 Å². The number of ether oxygens (including phenoxy) is 1. The van der Waals surface area contributed by atoms with Gasteiger partial charge < -0.3 is 15.2 Å². The Kier molecular flexibility index (Phi) is 4.62. The van der Waals surface area contributed by atoms with Gasteiger partial charge in [0.1, 0.15) is 17.7 Å². The number of nitrogens with one attached hydrogen (secondary N) is 1. The lowest BCUT2D eigenvalue weighted by Gasteiger charge is -2.14. The molecule has 0 bridgehead atoms. The number of cyclic esters (lactones) is 1. The van der Waals surface area contributed by atoms with Gasteiger partial charge in [0.25, 0.3) is 0 Å². The van der Waals surface area contributed by atoms with E-state index in [-0.39, 0.29) is 13.2 Å². The molecule has 1 fully saturated rings. The van der Waals surface area contributed by atoms with Crippen molar-refractivity contribution in [3.63, 3.8) is 0 Å². The average molecular weight is 384 g/mol. The fourth-order valence-corrected chi connectivity index (χ4v) is 2.90. The molecule has 10 heteroatoms. The molecule has 0 radical (unpaired) electrons. The lowest BCUT2D eigenvalue weighted by Crippen LogP contribution is -2.25. The van der Waals surface area contributed by atoms with Crippen LogP contribution in [-0.2, 0) is 11.8 Å². The molecule has 1 aliphatic heterocycles. The lowest BCUT2D eigenvalue weighted by atomic mass is 10.1. The van der Waals surface area contributed by atoms with Crippen LogP contribution < -0.4 is 10.2 Å². The van der Waals surface area contributed by atoms with Crippen molar-refractivity contribution in [2.24, 2.45) is 7.05 Å². The zero-order valence-electron chi connectivity index (χ0n) is 14.9. The average Bonchev–Trinajstić information content (AvgIpc) is 3.27. The third-order valence-corrected chi connectivity index (χ3v) is 4.28. The first-order valence-corrected chi connectivity index (χ1v) is 8.52. The summed E-state index contributed by atoms with van der Waals surface area (Å²) in [7, 11) is 1.76. The summed E-state index contributed by atoms with van der Waals surface area (Å²) in [5.41, 5.74) is 1.32. The minimum atomic E-state index is -0.604. The molecule has 0 unspecified atom stereocenters. The number of aliphatic hydroxyl groups is 1. The first-order valence-electron chi connectivity index (χ1n) is 8.52. The Morgan fingerprint density at radius 1 is 1.32 bits per heavy atom. The smallest absolute Gasteiger partial charge is 0.414 e. The van der Waals surface area contributed by atoms with Crippen LogP contribution in [0.5, 0.6) is 0 Å². The van der Waals surface area contributed by atoms with Crippen LogP contribution >= 0.6 is 0 Å². The number of amides is 1. The summed E-state index contributed by atoms with van der Waals surface area (Å²) in [5, 5.41) is 19.9. The summed E-state index contributed by atoms with van der Waals surface area (Å²) < 4.78 is 21.2. The van der Waals surface area contributed by atoms with Gasteiger partial charge in [-0.25, -0.2) is 14.2 Å². The Morgan fingerprint density at radius 2 is 2.18 bits per heavy atom. The van der Waals surface area contributed by atoms with E-state index in [0.717, 1.165) is 0 Å². The summed E-state index contributed by atoms with van der Waals surface area (Å²) in [5.74, 6) is 0.613. The minimum Gasteiger partial charge on any atom is -0.441 e. The van der Waals surface area contributed by atoms with Gasteiger partial charge in [0.2, 0.25) is 0 Å². The van der Waals surface area contributed by atoms with E-state index in [0.29, 0.717) is 28.5 Å². The van der Waals surface area contributed by atoms with E-state index in [1.165, 1.54) is 11.0 Å². The Hall–Kier alpha value is -3.53. The second-order valence-corrected chi connectivity index (χ2v) is 6.30. The van der Waals surface area contributed by atoms with Crippen LogP contribution in [0.2, 0.25) is 0 Å². The van der Waals surface area contributed by atoms with Crippen LogP contribution in [-0.4, -0.2) is 50.4 Å². The van der Waals surface area contributed by atoms with E-state index in [9.17, 15) is 9.18 Å². The van der Waals surface area contributed by atoms with Crippen molar-refractivity contribution in [3.05, 3.63) is 48.5 Å². The standard InChI is InChI=1S/C18H17FN6O3/c1-24-9-17(22-23-24)21-16-5-2-11(7-20-16)14-4-3-12(6-15(14)19)25-8-13(10-26)28-18(25)27/h2-7,9,13,26H,8,10H2,1H3,(H,20,21)/t13-/m1/s1. The van der Waals surface area contributed by atoms with Gasteiger partial charge in [0.05, 0.1) is 25.0 Å². The van der Waals surface area contributed by atoms with Crippen LogP contribution in [0, 0.1) is 5.82 Å². The maximum atomic E-state index is 14.7. The SMILES string of the molecule is Cn1cc(Nc2ccc(-c3ccc(N4C[C@H](CO)OC4=O)cc3F)cn2)nn1. The second-order valence-electron chi connectivity index (χ2n) is 6.30. The number of nitrogens with zero attached hydrogens (tertiary/aromatic N) is 5. The van der Waals surface area contributed by atoms with Crippen molar-refractivity contribution in [1.82, 2.24) is 20.0 Å². The van der Waals surface area contributed by atoms with Gasteiger partial charge in [0.15, 0.2) is 5.82 Å². The molecule has 1 aromatic carbocycles. The molecule has 1 amide bonds. The predicted molar refractivity (Wildman–Crippen MR) is 98.6 cm³/mol. The van der Waals surface area contributed by atoms with Crippen LogP contribution in [0.1, 0.15) is 0 Å². The number of hydrogen-bond donors (Lipinski definition) is 2. The lowest BCUT2D eigenvalue weighted by molar-refractivity contribution is 0.0963. The fourth-order valence-electron chi connectivity index (χ4n) is 2.90. The third-order valence-electron chi connectivity index (χ3n) is 4.28. The van der Waals surface area contributed by atoms with Gasteiger partial charge in [-0.2, -0.15) is 0 Å². The van der Waals surface area contributed by atoms with Crippen LogP contribution in [0.4, 0.5) is 26.5 Å². The van der Waals surface area contributed by atoms with Crippen molar-refractivity contribution in [2.45, 2.75) is 6.10 Å². The number of halogens is 1. The zero-order chi connectivity index (χ0) is 19.7. The number of anilines is 3. The first kappa shape index (κ1) is 17.9. The number of aromatic nitrogens is 4. The molecule has 28 heavy (non-hydrogen) atoms. The van der Waals surface area contributed by atoms with Crippen molar-refractivity contribution >= 4 is 23.4 Å². The number of aliphatic hydroxyl groups excluding tert-OH is 1. The topological polar surface area (TPSA) is 105 Å². The molecule has 2 N–H and O–H groups in total. The van der Waals surface area contributed by atoms with Gasteiger partial charge in [-0.1, -0.05) is 5.21 Å². The number of pyridine rings is 1. The number of benzene rings is 1. The Bertz CT molecular complexity index is 1010. The number of rotatable bonds is 5. The molecule has 4 rings (SSSR count). The van der Waals surface area contributed by atoms with Gasteiger partial charge in [0, 0.05) is 24.4 Å². The highest BCUT2D eigenvalue weighted by Crippen LogP contribution is 2.29. The summed E-state index contributed by atoms with van der Waals surface area (Å²) in [6.45, 7) is -0.0954. The maximum Gasteiger partial charge on any atom is 0.414 e. The molecule has 3 aromatic rings. The molecule has 1 atom stereocenters. The molecule has 3 heterocycles. The van der Waals surface area contributed by atoms with Gasteiger partial charge >= 0.3 is 6.09 Å². The van der Waals surface area contributed by atoms with Gasteiger partial charge in [-0.15, -0.1) is 5.10 Å². The molecule has 0 saturated carbocycles. The molecule has 1 saturated heterocycles. The highest BCUT2D eigenvalue weighted by Gasteiger charge is 2.32.